The van der Waals surface area contributed by atoms with Crippen molar-refractivity contribution in [2.24, 2.45) is 0 Å². The number of anilines is 1. The number of carboxylic acids is 4. The predicted molar refractivity (Wildman–Crippen MR) is 344 cm³/mol. The highest BCUT2D eigenvalue weighted by molar-refractivity contribution is 9.11. The molecule has 0 saturated heterocycles. The van der Waals surface area contributed by atoms with Gasteiger partial charge in [0.15, 0.2) is 0 Å². The van der Waals surface area contributed by atoms with Gasteiger partial charge in [-0.3, -0.25) is 38.4 Å². The topological polar surface area (TPSA) is 326 Å². The lowest BCUT2D eigenvalue weighted by Crippen LogP contribution is -2.25. The number of carboxylic acid groups (broad SMARTS) is 4. The Hall–Kier alpha value is -6.69. The fourth-order valence-corrected chi connectivity index (χ4v) is 10.1. The number of phenolic OH excluding ortho intramolecular Hbond substituents is 3. The van der Waals surface area contributed by atoms with Gasteiger partial charge in [0.1, 0.15) is 23.1 Å². The van der Waals surface area contributed by atoms with Crippen LogP contribution in [0.5, 0.6) is 17.2 Å². The number of carbonyl (C=O) groups is 8. The lowest BCUT2D eigenvalue weighted by atomic mass is 10.1. The molecule has 0 aliphatic rings. The van der Waals surface area contributed by atoms with E-state index < -0.39 is 47.4 Å². The first-order valence-corrected chi connectivity index (χ1v) is 31.3. The van der Waals surface area contributed by atoms with Crippen LogP contribution in [0.15, 0.2) is 93.9 Å². The van der Waals surface area contributed by atoms with Gasteiger partial charge in [-0.1, -0.05) is 138 Å². The number of phenols is 3. The van der Waals surface area contributed by atoms with Crippen molar-refractivity contribution < 1.29 is 78.5 Å². The number of carbonyl (C=O) groups excluding carboxylic acids is 4. The summed E-state index contributed by atoms with van der Waals surface area (Å²) in [4.78, 5) is 89.3. The van der Waals surface area contributed by atoms with Crippen LogP contribution in [0.1, 0.15) is 175 Å². The summed E-state index contributed by atoms with van der Waals surface area (Å²) in [6.45, 7) is 1.45. The van der Waals surface area contributed by atoms with E-state index in [4.69, 9.17) is 66.8 Å². The SMILES string of the molecule is O=C(O)CCCCCCCNC(=O)c1c(F)cccc1Cl.O=C(O)CCCCCCCNC(=O)c1cc(Br)cc(Br)c1O.O=C(O)CCCCCCCNC(=O)c1cc(Cl)cc(Cl)c1O.O=C(O)CCCc1ccc(NC(=O)c2cc(Cl)ccc2O)cc1. The molecule has 0 spiro atoms. The summed E-state index contributed by atoms with van der Waals surface area (Å²) in [6, 6.07) is 21.5. The van der Waals surface area contributed by atoms with Gasteiger partial charge in [-0.05, 0) is 140 Å². The molecule has 0 heterocycles. The highest BCUT2D eigenvalue weighted by atomic mass is 79.9. The second kappa shape index (κ2) is 43.9. The number of hydrogen-bond donors (Lipinski definition) is 11. The minimum Gasteiger partial charge on any atom is -0.507 e. The second-order valence-corrected chi connectivity index (χ2v) is 23.2. The lowest BCUT2D eigenvalue weighted by Gasteiger charge is -2.08. The highest BCUT2D eigenvalue weighted by Gasteiger charge is 2.18. The summed E-state index contributed by atoms with van der Waals surface area (Å²) in [5, 5.41) is 74.9. The fourth-order valence-electron chi connectivity index (χ4n) is 7.96. The maximum atomic E-state index is 13.5. The molecule has 0 atom stereocenters. The zero-order chi connectivity index (χ0) is 65.6. The molecule has 26 heteroatoms. The van der Waals surface area contributed by atoms with Crippen molar-refractivity contribution in [3.8, 4) is 17.2 Å². The minimum absolute atomic E-state index is 0.0380. The Bertz CT molecular complexity index is 2970. The van der Waals surface area contributed by atoms with E-state index in [-0.39, 0.29) is 86.2 Å². The Morgan fingerprint density at radius 2 is 0.875 bits per heavy atom. The molecule has 0 bridgehead atoms. The van der Waals surface area contributed by atoms with Crippen LogP contribution in [0.4, 0.5) is 10.1 Å². The average molecular weight is 1430 g/mol. The maximum Gasteiger partial charge on any atom is 0.303 e. The van der Waals surface area contributed by atoms with Gasteiger partial charge in [0.25, 0.3) is 23.6 Å². The summed E-state index contributed by atoms with van der Waals surface area (Å²) in [5.41, 5.74) is 1.83. The molecule has 4 amide bonds. The number of aliphatic carboxylic acids is 4. The van der Waals surface area contributed by atoms with Gasteiger partial charge >= 0.3 is 23.9 Å². The van der Waals surface area contributed by atoms with Crippen molar-refractivity contribution in [1.29, 1.82) is 0 Å². The third-order valence-electron chi connectivity index (χ3n) is 12.6. The van der Waals surface area contributed by atoms with E-state index in [0.717, 1.165) is 82.6 Å². The summed E-state index contributed by atoms with van der Waals surface area (Å²) >= 11 is 29.7. The molecule has 5 rings (SSSR count). The zero-order valence-corrected chi connectivity index (χ0v) is 54.3. The quantitative estimate of drug-likeness (QED) is 0.0174. The Morgan fingerprint density at radius 3 is 1.36 bits per heavy atom. The Labute approximate surface area is 547 Å². The third kappa shape index (κ3) is 33.0. The smallest absolute Gasteiger partial charge is 0.303 e. The number of aryl methyl sites for hydroxylation is 1. The van der Waals surface area contributed by atoms with E-state index in [1.165, 1.54) is 48.5 Å². The maximum absolute atomic E-state index is 13.5. The van der Waals surface area contributed by atoms with Crippen LogP contribution in [0, 0.1) is 5.82 Å². The molecule has 0 fully saturated rings. The number of aromatic hydroxyl groups is 3. The molecule has 5 aromatic carbocycles. The van der Waals surface area contributed by atoms with Gasteiger partial charge in [-0.2, -0.15) is 0 Å². The van der Waals surface area contributed by atoms with Crippen LogP contribution < -0.4 is 21.3 Å². The molecular weight excluding hydrogens is 1360 g/mol. The van der Waals surface area contributed by atoms with Crippen molar-refractivity contribution in [2.45, 2.75) is 135 Å². The van der Waals surface area contributed by atoms with Crippen LogP contribution in [0.2, 0.25) is 20.1 Å². The van der Waals surface area contributed by atoms with Crippen LogP contribution in [0.25, 0.3) is 0 Å². The molecular formula is C62H73Br2Cl4FN4O15. The van der Waals surface area contributed by atoms with Crippen molar-refractivity contribution in [3.05, 3.63) is 148 Å². The van der Waals surface area contributed by atoms with E-state index in [1.54, 1.807) is 24.3 Å². The highest BCUT2D eigenvalue weighted by Crippen LogP contribution is 2.33. The van der Waals surface area contributed by atoms with Gasteiger partial charge in [0.05, 0.1) is 36.8 Å². The Kier molecular flexibility index (Phi) is 38.6. The van der Waals surface area contributed by atoms with Gasteiger partial charge in [0.2, 0.25) is 0 Å². The zero-order valence-electron chi connectivity index (χ0n) is 48.1. The number of unbranched alkanes of at least 4 members (excludes halogenated alkanes) is 12. The number of rotatable bonds is 33. The van der Waals surface area contributed by atoms with Crippen molar-refractivity contribution in [2.75, 3.05) is 25.0 Å². The largest absolute Gasteiger partial charge is 0.507 e. The monoisotopic (exact) mass is 1430 g/mol. The molecule has 480 valence electrons. The van der Waals surface area contributed by atoms with E-state index in [2.05, 4.69) is 53.1 Å². The summed E-state index contributed by atoms with van der Waals surface area (Å²) in [5.74, 6) is -5.94. The number of amides is 4. The summed E-state index contributed by atoms with van der Waals surface area (Å²) in [6.07, 6.45) is 14.6. The fraction of sp³-hybridized carbons (Fsp3) is 0.387. The molecule has 0 saturated carbocycles. The van der Waals surface area contributed by atoms with Crippen LogP contribution in [0.3, 0.4) is 0 Å². The molecule has 19 nitrogen and oxygen atoms in total. The van der Waals surface area contributed by atoms with Gasteiger partial charge < -0.3 is 57.0 Å². The molecule has 0 aliphatic carbocycles. The summed E-state index contributed by atoms with van der Waals surface area (Å²) < 4.78 is 14.7. The predicted octanol–water partition coefficient (Wildman–Crippen LogP) is 15.3. The molecule has 11 N–H and O–H groups in total. The molecule has 5 aromatic rings. The Balaban J connectivity index is 0.000000400. The second-order valence-electron chi connectivity index (χ2n) is 19.7. The van der Waals surface area contributed by atoms with Crippen molar-refractivity contribution in [1.82, 2.24) is 16.0 Å². The normalized spacial score (nSPS) is 10.4. The number of halogens is 7. The summed E-state index contributed by atoms with van der Waals surface area (Å²) in [7, 11) is 0. The minimum atomic E-state index is -0.810. The number of benzene rings is 5. The van der Waals surface area contributed by atoms with Crippen molar-refractivity contribution in [3.63, 3.8) is 0 Å². The molecule has 88 heavy (non-hydrogen) atoms. The van der Waals surface area contributed by atoms with Gasteiger partial charge in [-0.15, -0.1) is 0 Å². The van der Waals surface area contributed by atoms with E-state index >= 15 is 0 Å². The average Bonchev–Trinajstić information content (AvgIpc) is 2.47. The van der Waals surface area contributed by atoms with E-state index in [9.17, 15) is 58.1 Å². The first kappa shape index (κ1) is 77.4. The first-order chi connectivity index (χ1) is 41.8. The van der Waals surface area contributed by atoms with Crippen LogP contribution in [-0.2, 0) is 25.6 Å². The number of nitrogens with one attached hydrogen (secondary N) is 4. The lowest BCUT2D eigenvalue weighted by molar-refractivity contribution is -0.138. The first-order valence-electron chi connectivity index (χ1n) is 28.2. The van der Waals surface area contributed by atoms with Crippen molar-refractivity contribution >= 4 is 131 Å². The Morgan fingerprint density at radius 1 is 0.432 bits per heavy atom. The molecule has 0 aromatic heterocycles. The molecule has 0 aliphatic heterocycles. The van der Waals surface area contributed by atoms with Gasteiger partial charge in [-0.25, -0.2) is 4.39 Å². The van der Waals surface area contributed by atoms with E-state index in [1.807, 2.05) is 12.1 Å². The number of hydrogen-bond acceptors (Lipinski definition) is 11. The van der Waals surface area contributed by atoms with Crippen LogP contribution in [-0.4, -0.2) is 103 Å². The molecule has 0 unspecified atom stereocenters. The third-order valence-corrected chi connectivity index (χ3v) is 14.7. The van der Waals surface area contributed by atoms with Gasteiger partial charge in [0, 0.05) is 65.5 Å². The van der Waals surface area contributed by atoms with Crippen LogP contribution >= 0.6 is 78.3 Å². The standard InChI is InChI=1S/C17H16ClNO4.C15H19Br2NO4.C15H19Cl2NO4.C15H19ClFNO3/c18-12-6-9-15(20)14(10-12)17(23)19-13-7-4-11(5-8-13)2-1-3-16(21)22;2*16-10-8-11(14(21)12(17)9-10)15(22)18-7-5-3-1-2-4-6-13(19)20;16-11-7-6-8-12(17)14(11)15(21)18-10-5-3-1-2-4-9-13(19)20/h4-10,20H,1-3H2,(H,19,23)(H,21,22);2*8-9,21H,1-7H2,(H,18,22)(H,19,20);6-8H,1-5,9-10H2,(H,18,21)(H,19,20). The van der Waals surface area contributed by atoms with E-state index in [0.29, 0.717) is 71.4 Å². The molecule has 0 radical (unpaired) electrons.